The third-order valence-electron chi connectivity index (χ3n) is 5.18. The van der Waals surface area contributed by atoms with Crippen LogP contribution in [0.15, 0.2) is 60.7 Å². The maximum Gasteiger partial charge on any atom is 0.121 e. The average molecular weight is 444 g/mol. The lowest BCUT2D eigenvalue weighted by atomic mass is 9.98. The van der Waals surface area contributed by atoms with Gasteiger partial charge >= 0.3 is 0 Å². The SMILES string of the molecule is CC(C)Cn1nc2c(-c3ccc(OC(C)C)cc3)ccc(-c3ccc(OC(C)C)cc3)c2n1. The van der Waals surface area contributed by atoms with Gasteiger partial charge in [0.1, 0.15) is 22.5 Å². The van der Waals surface area contributed by atoms with E-state index in [-0.39, 0.29) is 12.2 Å². The zero-order valence-electron chi connectivity index (χ0n) is 20.4. The molecule has 0 saturated heterocycles. The van der Waals surface area contributed by atoms with Crippen LogP contribution in [0.3, 0.4) is 0 Å². The molecule has 5 heteroatoms. The van der Waals surface area contributed by atoms with Crippen molar-refractivity contribution < 1.29 is 9.47 Å². The minimum Gasteiger partial charge on any atom is -0.491 e. The number of fused-ring (bicyclic) bond motifs is 1. The van der Waals surface area contributed by atoms with Crippen LogP contribution >= 0.6 is 0 Å². The highest BCUT2D eigenvalue weighted by Crippen LogP contribution is 2.35. The fraction of sp³-hybridized carbons (Fsp3) is 0.357. The number of hydrogen-bond donors (Lipinski definition) is 0. The van der Waals surface area contributed by atoms with Crippen molar-refractivity contribution in [1.29, 1.82) is 0 Å². The van der Waals surface area contributed by atoms with E-state index in [0.29, 0.717) is 5.92 Å². The van der Waals surface area contributed by atoms with E-state index in [1.54, 1.807) is 0 Å². The van der Waals surface area contributed by atoms with E-state index in [2.05, 4.69) is 50.2 Å². The van der Waals surface area contributed by atoms with E-state index in [9.17, 15) is 0 Å². The lowest BCUT2D eigenvalue weighted by Gasteiger charge is -2.12. The molecule has 3 aromatic carbocycles. The van der Waals surface area contributed by atoms with Crippen LogP contribution in [-0.4, -0.2) is 27.2 Å². The Morgan fingerprint density at radius 3 is 1.33 bits per heavy atom. The van der Waals surface area contributed by atoms with Gasteiger partial charge in [-0.25, -0.2) is 0 Å². The molecule has 4 rings (SSSR count). The fourth-order valence-corrected chi connectivity index (χ4v) is 3.88. The molecule has 1 aromatic heterocycles. The number of benzene rings is 3. The highest BCUT2D eigenvalue weighted by atomic mass is 16.5. The minimum atomic E-state index is 0.148. The van der Waals surface area contributed by atoms with Crippen LogP contribution in [0, 0.1) is 5.92 Å². The van der Waals surface area contributed by atoms with Crippen LogP contribution in [0.1, 0.15) is 41.5 Å². The second kappa shape index (κ2) is 9.65. The third-order valence-corrected chi connectivity index (χ3v) is 5.18. The number of ether oxygens (including phenoxy) is 2. The van der Waals surface area contributed by atoms with Crippen LogP contribution < -0.4 is 9.47 Å². The molecule has 0 atom stereocenters. The molecule has 0 bridgehead atoms. The molecule has 33 heavy (non-hydrogen) atoms. The van der Waals surface area contributed by atoms with Gasteiger partial charge in [0.05, 0.1) is 18.8 Å². The molecule has 0 aliphatic rings. The van der Waals surface area contributed by atoms with E-state index in [1.807, 2.05) is 56.8 Å². The predicted octanol–water partition coefficient (Wildman–Crippen LogP) is 7.00. The second-order valence-electron chi connectivity index (χ2n) is 9.39. The smallest absolute Gasteiger partial charge is 0.121 e. The van der Waals surface area contributed by atoms with E-state index < -0.39 is 0 Å². The quantitative estimate of drug-likeness (QED) is 0.294. The van der Waals surface area contributed by atoms with Gasteiger partial charge in [0.2, 0.25) is 0 Å². The highest BCUT2D eigenvalue weighted by molar-refractivity contribution is 6.00. The van der Waals surface area contributed by atoms with Crippen LogP contribution in [-0.2, 0) is 6.54 Å². The molecule has 0 spiro atoms. The van der Waals surface area contributed by atoms with Crippen molar-refractivity contribution in [1.82, 2.24) is 15.0 Å². The fourth-order valence-electron chi connectivity index (χ4n) is 3.88. The molecule has 5 nitrogen and oxygen atoms in total. The molecule has 1 heterocycles. The first-order valence-corrected chi connectivity index (χ1v) is 11.7. The lowest BCUT2D eigenvalue weighted by Crippen LogP contribution is -2.07. The Labute approximate surface area is 196 Å². The molecule has 0 radical (unpaired) electrons. The Balaban J connectivity index is 1.77. The summed E-state index contributed by atoms with van der Waals surface area (Å²) in [6, 6.07) is 20.7. The van der Waals surface area contributed by atoms with Gasteiger partial charge in [-0.1, -0.05) is 50.2 Å². The summed E-state index contributed by atoms with van der Waals surface area (Å²) in [5.41, 5.74) is 6.15. The average Bonchev–Trinajstić information content (AvgIpc) is 3.16. The second-order valence-corrected chi connectivity index (χ2v) is 9.39. The standard InChI is InChI=1S/C28H33N3O2/c1-18(2)17-31-29-27-25(21-7-11-23(12-8-21)32-19(3)4)15-16-26(28(27)30-31)22-9-13-24(14-10-22)33-20(5)6/h7-16,18-20H,17H2,1-6H3. The number of rotatable bonds is 8. The first kappa shape index (κ1) is 22.8. The summed E-state index contributed by atoms with van der Waals surface area (Å²) < 4.78 is 11.6. The Morgan fingerprint density at radius 2 is 1.00 bits per heavy atom. The van der Waals surface area contributed by atoms with E-state index in [4.69, 9.17) is 19.7 Å². The molecule has 0 N–H and O–H groups in total. The van der Waals surface area contributed by atoms with Crippen LogP contribution in [0.4, 0.5) is 0 Å². The summed E-state index contributed by atoms with van der Waals surface area (Å²) in [5.74, 6) is 2.20. The summed E-state index contributed by atoms with van der Waals surface area (Å²) in [6.07, 6.45) is 0.296. The molecule has 0 fully saturated rings. The van der Waals surface area contributed by atoms with Gasteiger partial charge < -0.3 is 9.47 Å². The molecule has 0 unspecified atom stereocenters. The Kier molecular flexibility index (Phi) is 6.68. The first-order chi connectivity index (χ1) is 15.8. The Bertz CT molecular complexity index is 1120. The predicted molar refractivity (Wildman–Crippen MR) is 135 cm³/mol. The number of aromatic nitrogens is 3. The topological polar surface area (TPSA) is 49.2 Å². The Morgan fingerprint density at radius 1 is 0.606 bits per heavy atom. The van der Waals surface area contributed by atoms with Gasteiger partial charge in [0.25, 0.3) is 0 Å². The molecule has 4 aromatic rings. The summed E-state index contributed by atoms with van der Waals surface area (Å²) in [7, 11) is 0. The number of nitrogens with zero attached hydrogens (tertiary/aromatic N) is 3. The minimum absolute atomic E-state index is 0.148. The van der Waals surface area contributed by atoms with Crippen LogP contribution in [0.2, 0.25) is 0 Å². The highest BCUT2D eigenvalue weighted by Gasteiger charge is 2.16. The largest absolute Gasteiger partial charge is 0.491 e. The summed E-state index contributed by atoms with van der Waals surface area (Å²) >= 11 is 0. The molecular weight excluding hydrogens is 410 g/mol. The molecule has 0 aliphatic heterocycles. The summed E-state index contributed by atoms with van der Waals surface area (Å²) in [4.78, 5) is 1.83. The van der Waals surface area contributed by atoms with Crippen molar-refractivity contribution in [2.24, 2.45) is 5.92 Å². The first-order valence-electron chi connectivity index (χ1n) is 11.7. The van der Waals surface area contributed by atoms with Crippen LogP contribution in [0.5, 0.6) is 11.5 Å². The van der Waals surface area contributed by atoms with Gasteiger partial charge in [0, 0.05) is 11.1 Å². The van der Waals surface area contributed by atoms with Crippen LogP contribution in [0.25, 0.3) is 33.3 Å². The van der Waals surface area contributed by atoms with Gasteiger partial charge in [0.15, 0.2) is 0 Å². The maximum absolute atomic E-state index is 5.81. The lowest BCUT2D eigenvalue weighted by molar-refractivity contribution is 0.242. The molecule has 0 saturated carbocycles. The van der Waals surface area contributed by atoms with Crippen molar-refractivity contribution in [3.8, 4) is 33.8 Å². The summed E-state index contributed by atoms with van der Waals surface area (Å²) in [6.45, 7) is 13.3. The van der Waals surface area contributed by atoms with E-state index in [0.717, 1.165) is 51.3 Å². The Hall–Kier alpha value is -3.34. The van der Waals surface area contributed by atoms with Crippen molar-refractivity contribution in [3.05, 3.63) is 60.7 Å². The normalized spacial score (nSPS) is 11.7. The van der Waals surface area contributed by atoms with Gasteiger partial charge in [-0.3, -0.25) is 0 Å². The maximum atomic E-state index is 5.81. The van der Waals surface area contributed by atoms with Crippen molar-refractivity contribution in [2.45, 2.75) is 60.3 Å². The van der Waals surface area contributed by atoms with E-state index in [1.165, 1.54) is 0 Å². The summed E-state index contributed by atoms with van der Waals surface area (Å²) in [5, 5.41) is 9.79. The van der Waals surface area contributed by atoms with Crippen molar-refractivity contribution in [2.75, 3.05) is 0 Å². The monoisotopic (exact) mass is 443 g/mol. The molecule has 0 amide bonds. The third kappa shape index (κ3) is 5.36. The zero-order chi connectivity index (χ0) is 23.5. The van der Waals surface area contributed by atoms with Crippen molar-refractivity contribution >= 4 is 11.0 Å². The van der Waals surface area contributed by atoms with E-state index >= 15 is 0 Å². The number of hydrogen-bond acceptors (Lipinski definition) is 4. The molecular formula is C28H33N3O2. The van der Waals surface area contributed by atoms with Gasteiger partial charge in [-0.2, -0.15) is 15.0 Å². The zero-order valence-corrected chi connectivity index (χ0v) is 20.4. The van der Waals surface area contributed by atoms with Gasteiger partial charge in [-0.15, -0.1) is 0 Å². The molecule has 0 aliphatic carbocycles. The van der Waals surface area contributed by atoms with Gasteiger partial charge in [-0.05, 0) is 69.0 Å². The van der Waals surface area contributed by atoms with Crippen molar-refractivity contribution in [3.63, 3.8) is 0 Å². The molecule has 172 valence electrons.